The van der Waals surface area contributed by atoms with E-state index in [0.29, 0.717) is 5.92 Å². The van der Waals surface area contributed by atoms with Gasteiger partial charge in [-0.15, -0.1) is 11.3 Å². The SMILES string of the molecule is CCCC(C)C(N)c1cc2c(s1)CCC2. The van der Waals surface area contributed by atoms with Gasteiger partial charge in [-0.25, -0.2) is 0 Å². The maximum Gasteiger partial charge on any atom is 0.0415 e. The number of nitrogens with two attached hydrogens (primary N) is 1. The molecule has 2 atom stereocenters. The van der Waals surface area contributed by atoms with E-state index >= 15 is 0 Å². The van der Waals surface area contributed by atoms with Crippen LogP contribution in [0.25, 0.3) is 0 Å². The van der Waals surface area contributed by atoms with Crippen molar-refractivity contribution < 1.29 is 0 Å². The van der Waals surface area contributed by atoms with E-state index in [-0.39, 0.29) is 6.04 Å². The number of fused-ring (bicyclic) bond motifs is 1. The summed E-state index contributed by atoms with van der Waals surface area (Å²) >= 11 is 1.96. The van der Waals surface area contributed by atoms with Crippen LogP contribution in [-0.4, -0.2) is 0 Å². The maximum absolute atomic E-state index is 6.30. The number of rotatable bonds is 4. The third-order valence-electron chi connectivity index (χ3n) is 3.45. The molecule has 0 saturated heterocycles. The highest BCUT2D eigenvalue weighted by atomic mass is 32.1. The summed E-state index contributed by atoms with van der Waals surface area (Å²) in [5.41, 5.74) is 7.87. The van der Waals surface area contributed by atoms with Gasteiger partial charge >= 0.3 is 0 Å². The Kier molecular flexibility index (Phi) is 3.47. The van der Waals surface area contributed by atoms with Crippen molar-refractivity contribution in [3.63, 3.8) is 0 Å². The van der Waals surface area contributed by atoms with Crippen LogP contribution >= 0.6 is 11.3 Å². The first-order valence-electron chi connectivity index (χ1n) is 6.09. The standard InChI is InChI=1S/C13H21NS/c1-3-5-9(2)13(14)12-8-10-6-4-7-11(10)15-12/h8-9,13H,3-7,14H2,1-2H3. The molecule has 2 N–H and O–H groups in total. The molecule has 1 aromatic rings. The molecule has 1 aromatic heterocycles. The van der Waals surface area contributed by atoms with Gasteiger partial charge in [0.2, 0.25) is 0 Å². The Balaban J connectivity index is 2.08. The number of hydrogen-bond acceptors (Lipinski definition) is 2. The van der Waals surface area contributed by atoms with Gasteiger partial charge in [0.15, 0.2) is 0 Å². The van der Waals surface area contributed by atoms with Crippen molar-refractivity contribution in [1.29, 1.82) is 0 Å². The molecule has 0 saturated carbocycles. The van der Waals surface area contributed by atoms with Crippen molar-refractivity contribution in [2.45, 2.75) is 52.0 Å². The molecule has 0 fully saturated rings. The highest BCUT2D eigenvalue weighted by molar-refractivity contribution is 7.12. The monoisotopic (exact) mass is 223 g/mol. The summed E-state index contributed by atoms with van der Waals surface area (Å²) in [6.07, 6.45) is 6.39. The van der Waals surface area contributed by atoms with Crippen molar-refractivity contribution in [3.05, 3.63) is 21.4 Å². The highest BCUT2D eigenvalue weighted by Crippen LogP contribution is 2.35. The normalized spacial score (nSPS) is 18.9. The minimum Gasteiger partial charge on any atom is -0.323 e. The van der Waals surface area contributed by atoms with E-state index in [1.165, 1.54) is 37.0 Å². The summed E-state index contributed by atoms with van der Waals surface area (Å²) in [5, 5.41) is 0. The van der Waals surface area contributed by atoms with Crippen LogP contribution in [0.1, 0.15) is 54.5 Å². The number of hydrogen-bond donors (Lipinski definition) is 1. The van der Waals surface area contributed by atoms with Gasteiger partial charge in [-0.3, -0.25) is 0 Å². The topological polar surface area (TPSA) is 26.0 Å². The number of aryl methyl sites for hydroxylation is 2. The van der Waals surface area contributed by atoms with Gasteiger partial charge in [0, 0.05) is 15.8 Å². The summed E-state index contributed by atoms with van der Waals surface area (Å²) in [6.45, 7) is 4.51. The zero-order valence-corrected chi connectivity index (χ0v) is 10.6. The molecule has 1 aliphatic carbocycles. The highest BCUT2D eigenvalue weighted by Gasteiger charge is 2.20. The van der Waals surface area contributed by atoms with Crippen LogP contribution < -0.4 is 5.73 Å². The van der Waals surface area contributed by atoms with Gasteiger partial charge in [0.25, 0.3) is 0 Å². The predicted octanol–water partition coefficient (Wildman–Crippen LogP) is 3.67. The molecule has 0 amide bonds. The molecule has 2 heteroatoms. The lowest BCUT2D eigenvalue weighted by Crippen LogP contribution is -2.17. The van der Waals surface area contributed by atoms with Gasteiger partial charge in [0.1, 0.15) is 0 Å². The average molecular weight is 223 g/mol. The average Bonchev–Trinajstić information content (AvgIpc) is 2.75. The van der Waals surface area contributed by atoms with E-state index in [9.17, 15) is 0 Å². The molecule has 1 nitrogen and oxygen atoms in total. The molecular formula is C13H21NS. The van der Waals surface area contributed by atoms with Gasteiger partial charge in [0.05, 0.1) is 0 Å². The molecule has 84 valence electrons. The second-order valence-corrected chi connectivity index (χ2v) is 5.91. The minimum absolute atomic E-state index is 0.264. The summed E-state index contributed by atoms with van der Waals surface area (Å²) < 4.78 is 0. The molecule has 15 heavy (non-hydrogen) atoms. The quantitative estimate of drug-likeness (QED) is 0.828. The third-order valence-corrected chi connectivity index (χ3v) is 4.79. The lowest BCUT2D eigenvalue weighted by Gasteiger charge is -2.17. The smallest absolute Gasteiger partial charge is 0.0415 e. The molecule has 1 heterocycles. The van der Waals surface area contributed by atoms with Crippen LogP contribution in [0, 0.1) is 5.92 Å². The third kappa shape index (κ3) is 2.26. The first-order valence-corrected chi connectivity index (χ1v) is 6.91. The lowest BCUT2D eigenvalue weighted by molar-refractivity contribution is 0.438. The Morgan fingerprint density at radius 2 is 2.27 bits per heavy atom. The summed E-state index contributed by atoms with van der Waals surface area (Å²) in [6, 6.07) is 2.63. The van der Waals surface area contributed by atoms with Gasteiger partial charge in [-0.1, -0.05) is 20.3 Å². The molecule has 2 unspecified atom stereocenters. The van der Waals surface area contributed by atoms with Crippen LogP contribution in [0.2, 0.25) is 0 Å². The van der Waals surface area contributed by atoms with Gasteiger partial charge < -0.3 is 5.73 Å². The first kappa shape index (κ1) is 11.2. The Labute approximate surface area is 96.7 Å². The zero-order chi connectivity index (χ0) is 10.8. The van der Waals surface area contributed by atoms with Crippen molar-refractivity contribution in [1.82, 2.24) is 0 Å². The van der Waals surface area contributed by atoms with E-state index in [4.69, 9.17) is 5.73 Å². The molecule has 1 aliphatic rings. The zero-order valence-electron chi connectivity index (χ0n) is 9.75. The van der Waals surface area contributed by atoms with E-state index < -0.39 is 0 Å². The Morgan fingerprint density at radius 3 is 2.93 bits per heavy atom. The van der Waals surface area contributed by atoms with E-state index in [2.05, 4.69) is 19.9 Å². The minimum atomic E-state index is 0.264. The van der Waals surface area contributed by atoms with Crippen molar-refractivity contribution in [2.24, 2.45) is 11.7 Å². The van der Waals surface area contributed by atoms with Gasteiger partial charge in [-0.05, 0) is 43.2 Å². The van der Waals surface area contributed by atoms with Crippen LogP contribution in [0.4, 0.5) is 0 Å². The molecule has 0 radical (unpaired) electrons. The maximum atomic E-state index is 6.30. The van der Waals surface area contributed by atoms with Gasteiger partial charge in [-0.2, -0.15) is 0 Å². The molecule has 0 bridgehead atoms. The predicted molar refractivity (Wildman–Crippen MR) is 67.3 cm³/mol. The largest absolute Gasteiger partial charge is 0.323 e. The Hall–Kier alpha value is -0.340. The van der Waals surface area contributed by atoms with Crippen LogP contribution in [0.5, 0.6) is 0 Å². The van der Waals surface area contributed by atoms with E-state index in [0.717, 1.165) is 0 Å². The van der Waals surface area contributed by atoms with Crippen LogP contribution in [0.3, 0.4) is 0 Å². The summed E-state index contributed by atoms with van der Waals surface area (Å²) in [7, 11) is 0. The fourth-order valence-electron chi connectivity index (χ4n) is 2.43. The molecule has 2 rings (SSSR count). The fraction of sp³-hybridized carbons (Fsp3) is 0.692. The second kappa shape index (κ2) is 4.67. The Morgan fingerprint density at radius 1 is 1.47 bits per heavy atom. The van der Waals surface area contributed by atoms with E-state index in [1.54, 1.807) is 10.4 Å². The summed E-state index contributed by atoms with van der Waals surface area (Å²) in [5.74, 6) is 0.619. The molecule has 0 aromatic carbocycles. The van der Waals surface area contributed by atoms with Crippen molar-refractivity contribution in [3.8, 4) is 0 Å². The van der Waals surface area contributed by atoms with Crippen molar-refractivity contribution >= 4 is 11.3 Å². The molecule has 0 aliphatic heterocycles. The number of thiophene rings is 1. The van der Waals surface area contributed by atoms with Crippen molar-refractivity contribution in [2.75, 3.05) is 0 Å². The second-order valence-electron chi connectivity index (χ2n) is 4.74. The molecule has 0 spiro atoms. The Bertz CT molecular complexity index is 308. The van der Waals surface area contributed by atoms with E-state index in [1.807, 2.05) is 11.3 Å². The fourth-order valence-corrected chi connectivity index (χ4v) is 3.82. The van der Waals surface area contributed by atoms with Crippen LogP contribution in [-0.2, 0) is 12.8 Å². The summed E-state index contributed by atoms with van der Waals surface area (Å²) in [4.78, 5) is 3.02. The first-order chi connectivity index (χ1) is 7.22. The lowest BCUT2D eigenvalue weighted by atomic mass is 9.96. The molecular weight excluding hydrogens is 202 g/mol. The van der Waals surface area contributed by atoms with Crippen LogP contribution in [0.15, 0.2) is 6.07 Å².